The fraction of sp³-hybridized carbons (Fsp3) is 0.889. The van der Waals surface area contributed by atoms with Crippen LogP contribution >= 0.6 is 0 Å². The minimum atomic E-state index is -0.786. The third-order valence-corrected chi connectivity index (χ3v) is 2.53. The Bertz CT molecular complexity index is 182. The summed E-state index contributed by atoms with van der Waals surface area (Å²) in [6, 6.07) is 0.522. The lowest BCUT2D eigenvalue weighted by atomic mass is 10.3. The maximum Gasteiger partial charge on any atom is 0.407 e. The molecular formula is C9H18N2O2. The van der Waals surface area contributed by atoms with E-state index in [-0.39, 0.29) is 0 Å². The fourth-order valence-electron chi connectivity index (χ4n) is 1.65. The highest BCUT2D eigenvalue weighted by atomic mass is 16.4. The molecule has 1 saturated heterocycles. The number of carbonyl (C=O) groups is 1. The molecule has 1 rings (SSSR count). The summed E-state index contributed by atoms with van der Waals surface area (Å²) in [5, 5.41) is 8.80. The molecular weight excluding hydrogens is 168 g/mol. The van der Waals surface area contributed by atoms with E-state index in [1.807, 2.05) is 0 Å². The molecule has 4 heteroatoms. The van der Waals surface area contributed by atoms with Crippen molar-refractivity contribution in [1.82, 2.24) is 9.80 Å². The van der Waals surface area contributed by atoms with Crippen molar-refractivity contribution in [2.24, 2.45) is 0 Å². The molecule has 0 aromatic rings. The number of nitrogens with zero attached hydrogens (tertiary/aromatic N) is 2. The Kier molecular flexibility index (Phi) is 3.54. The molecule has 76 valence electrons. The molecule has 1 aliphatic rings. The summed E-state index contributed by atoms with van der Waals surface area (Å²) < 4.78 is 0. The van der Waals surface area contributed by atoms with Crippen LogP contribution < -0.4 is 0 Å². The van der Waals surface area contributed by atoms with Crippen molar-refractivity contribution in [3.05, 3.63) is 0 Å². The monoisotopic (exact) mass is 186 g/mol. The molecule has 4 nitrogen and oxygen atoms in total. The molecule has 1 fully saturated rings. The average molecular weight is 186 g/mol. The van der Waals surface area contributed by atoms with Gasteiger partial charge in [0.15, 0.2) is 0 Å². The highest BCUT2D eigenvalue weighted by molar-refractivity contribution is 5.64. The summed E-state index contributed by atoms with van der Waals surface area (Å²) in [6.45, 7) is 7.50. The minimum absolute atomic E-state index is 0.522. The Morgan fingerprint density at radius 2 is 1.92 bits per heavy atom. The van der Waals surface area contributed by atoms with Crippen molar-refractivity contribution in [2.75, 3.05) is 26.2 Å². The molecule has 0 aromatic heterocycles. The number of hydrogen-bond acceptors (Lipinski definition) is 2. The summed E-state index contributed by atoms with van der Waals surface area (Å²) in [5.74, 6) is 0. The molecule has 0 saturated carbocycles. The largest absolute Gasteiger partial charge is 0.465 e. The minimum Gasteiger partial charge on any atom is -0.465 e. The van der Waals surface area contributed by atoms with E-state index in [0.717, 1.165) is 19.5 Å². The Labute approximate surface area is 79.1 Å². The highest BCUT2D eigenvalue weighted by Gasteiger charge is 2.19. The number of rotatable bonds is 1. The summed E-state index contributed by atoms with van der Waals surface area (Å²) in [4.78, 5) is 14.5. The molecule has 0 spiro atoms. The van der Waals surface area contributed by atoms with Crippen LogP contribution in [0.1, 0.15) is 20.3 Å². The maximum atomic E-state index is 10.7. The van der Waals surface area contributed by atoms with Crippen molar-refractivity contribution in [2.45, 2.75) is 26.3 Å². The van der Waals surface area contributed by atoms with Crippen molar-refractivity contribution < 1.29 is 9.90 Å². The van der Waals surface area contributed by atoms with E-state index in [1.165, 1.54) is 4.90 Å². The summed E-state index contributed by atoms with van der Waals surface area (Å²) in [5.41, 5.74) is 0. The number of hydrogen-bond donors (Lipinski definition) is 1. The van der Waals surface area contributed by atoms with Crippen LogP contribution in [-0.4, -0.2) is 53.2 Å². The van der Waals surface area contributed by atoms with E-state index >= 15 is 0 Å². The third kappa shape index (κ3) is 2.88. The zero-order valence-corrected chi connectivity index (χ0v) is 8.36. The first kappa shape index (κ1) is 10.3. The van der Waals surface area contributed by atoms with E-state index in [1.54, 1.807) is 0 Å². The average Bonchev–Trinajstić information content (AvgIpc) is 2.27. The van der Waals surface area contributed by atoms with Gasteiger partial charge in [0, 0.05) is 32.2 Å². The molecule has 0 atom stereocenters. The number of carboxylic acid groups (broad SMARTS) is 1. The van der Waals surface area contributed by atoms with Gasteiger partial charge in [-0.15, -0.1) is 0 Å². The van der Waals surface area contributed by atoms with Gasteiger partial charge >= 0.3 is 6.09 Å². The normalized spacial score (nSPS) is 20.4. The van der Waals surface area contributed by atoms with Gasteiger partial charge < -0.3 is 10.0 Å². The molecule has 1 amide bonds. The van der Waals surface area contributed by atoms with E-state index in [0.29, 0.717) is 19.1 Å². The zero-order chi connectivity index (χ0) is 9.84. The third-order valence-electron chi connectivity index (χ3n) is 2.53. The van der Waals surface area contributed by atoms with Gasteiger partial charge in [-0.05, 0) is 20.3 Å². The van der Waals surface area contributed by atoms with Gasteiger partial charge in [-0.3, -0.25) is 4.90 Å². The first-order valence-corrected chi connectivity index (χ1v) is 4.83. The van der Waals surface area contributed by atoms with E-state index in [4.69, 9.17) is 5.11 Å². The van der Waals surface area contributed by atoms with Gasteiger partial charge in [-0.2, -0.15) is 0 Å². The van der Waals surface area contributed by atoms with Crippen LogP contribution in [0.25, 0.3) is 0 Å². The second kappa shape index (κ2) is 4.46. The zero-order valence-electron chi connectivity index (χ0n) is 8.36. The summed E-state index contributed by atoms with van der Waals surface area (Å²) in [7, 11) is 0. The van der Waals surface area contributed by atoms with E-state index < -0.39 is 6.09 Å². The van der Waals surface area contributed by atoms with Crippen molar-refractivity contribution in [3.8, 4) is 0 Å². The second-order valence-electron chi connectivity index (χ2n) is 3.75. The molecule has 0 aliphatic carbocycles. The Balaban J connectivity index is 2.44. The Morgan fingerprint density at radius 3 is 2.46 bits per heavy atom. The lowest BCUT2D eigenvalue weighted by Gasteiger charge is -2.24. The van der Waals surface area contributed by atoms with Crippen molar-refractivity contribution in [3.63, 3.8) is 0 Å². The lowest BCUT2D eigenvalue weighted by Crippen LogP contribution is -2.36. The molecule has 13 heavy (non-hydrogen) atoms. The first-order chi connectivity index (χ1) is 6.11. The van der Waals surface area contributed by atoms with Crippen molar-refractivity contribution in [1.29, 1.82) is 0 Å². The summed E-state index contributed by atoms with van der Waals surface area (Å²) >= 11 is 0. The first-order valence-electron chi connectivity index (χ1n) is 4.83. The van der Waals surface area contributed by atoms with Gasteiger partial charge in [0.1, 0.15) is 0 Å². The smallest absolute Gasteiger partial charge is 0.407 e. The van der Waals surface area contributed by atoms with E-state index in [9.17, 15) is 4.79 Å². The van der Waals surface area contributed by atoms with Crippen LogP contribution in [0.5, 0.6) is 0 Å². The SMILES string of the molecule is CC(C)N1CCCN(C(=O)O)CC1. The topological polar surface area (TPSA) is 43.8 Å². The standard InChI is InChI=1S/C9H18N2O2/c1-8(2)10-4-3-5-11(7-6-10)9(12)13/h8H,3-7H2,1-2H3,(H,12,13). The lowest BCUT2D eigenvalue weighted by molar-refractivity contribution is 0.145. The Morgan fingerprint density at radius 1 is 1.23 bits per heavy atom. The quantitative estimate of drug-likeness (QED) is 0.666. The fourth-order valence-corrected chi connectivity index (χ4v) is 1.65. The van der Waals surface area contributed by atoms with Gasteiger partial charge in [-0.1, -0.05) is 0 Å². The van der Waals surface area contributed by atoms with Crippen LogP contribution in [0, 0.1) is 0 Å². The molecule has 1 N–H and O–H groups in total. The summed E-state index contributed by atoms with van der Waals surface area (Å²) in [6.07, 6.45) is 0.162. The van der Waals surface area contributed by atoms with Crippen LogP contribution in [-0.2, 0) is 0 Å². The molecule has 1 aliphatic heterocycles. The molecule has 0 bridgehead atoms. The van der Waals surface area contributed by atoms with Gasteiger partial charge in [0.05, 0.1) is 0 Å². The second-order valence-corrected chi connectivity index (χ2v) is 3.75. The van der Waals surface area contributed by atoms with Crippen LogP contribution in [0.4, 0.5) is 4.79 Å². The Hall–Kier alpha value is -0.770. The van der Waals surface area contributed by atoms with Gasteiger partial charge in [0.2, 0.25) is 0 Å². The number of amides is 1. The van der Waals surface area contributed by atoms with Gasteiger partial charge in [0.25, 0.3) is 0 Å². The van der Waals surface area contributed by atoms with Crippen molar-refractivity contribution >= 4 is 6.09 Å². The van der Waals surface area contributed by atoms with Crippen LogP contribution in [0.2, 0.25) is 0 Å². The van der Waals surface area contributed by atoms with E-state index in [2.05, 4.69) is 18.7 Å². The maximum absolute atomic E-state index is 10.7. The van der Waals surface area contributed by atoms with Crippen LogP contribution in [0.15, 0.2) is 0 Å². The van der Waals surface area contributed by atoms with Gasteiger partial charge in [-0.25, -0.2) is 4.79 Å². The molecule has 0 aromatic carbocycles. The molecule has 0 radical (unpaired) electrons. The molecule has 0 unspecified atom stereocenters. The van der Waals surface area contributed by atoms with Crippen LogP contribution in [0.3, 0.4) is 0 Å². The predicted octanol–water partition coefficient (Wildman–Crippen LogP) is 1.08. The molecule has 1 heterocycles. The highest BCUT2D eigenvalue weighted by Crippen LogP contribution is 2.06. The predicted molar refractivity (Wildman–Crippen MR) is 50.9 cm³/mol.